The van der Waals surface area contributed by atoms with E-state index in [4.69, 9.17) is 14.5 Å². The molecule has 4 fully saturated rings. The van der Waals surface area contributed by atoms with Gasteiger partial charge in [0.15, 0.2) is 0 Å². The van der Waals surface area contributed by atoms with E-state index in [9.17, 15) is 36.4 Å². The van der Waals surface area contributed by atoms with Crippen LogP contribution in [0.3, 0.4) is 0 Å². The van der Waals surface area contributed by atoms with E-state index < -0.39 is 86.3 Å². The van der Waals surface area contributed by atoms with Gasteiger partial charge in [0.05, 0.1) is 42.6 Å². The van der Waals surface area contributed by atoms with Crippen LogP contribution in [0.25, 0.3) is 22.2 Å². The molecule has 16 heteroatoms. The molecule has 4 amide bonds. The van der Waals surface area contributed by atoms with Crippen molar-refractivity contribution in [1.29, 1.82) is 0 Å². The smallest absolute Gasteiger partial charge is 0.265 e. The summed E-state index contributed by atoms with van der Waals surface area (Å²) in [6.07, 6.45) is 1.07. The molecule has 3 aromatic rings. The van der Waals surface area contributed by atoms with Crippen molar-refractivity contribution >= 4 is 44.6 Å². The zero-order valence-corrected chi connectivity index (χ0v) is 34.5. The van der Waals surface area contributed by atoms with Crippen molar-refractivity contribution in [3.63, 3.8) is 0 Å². The Morgan fingerprint density at radius 1 is 1.08 bits per heavy atom. The number of hydrogen-bond acceptors (Lipinski definition) is 9. The molecule has 316 valence electrons. The van der Waals surface area contributed by atoms with Crippen LogP contribution in [-0.2, 0) is 29.2 Å². The minimum Gasteiger partial charge on any atom is -0.497 e. The molecule has 0 radical (unpaired) electrons. The minimum absolute atomic E-state index is 0.0296. The number of rotatable bonds is 13. The molecule has 59 heavy (non-hydrogen) atoms. The van der Waals surface area contributed by atoms with E-state index >= 15 is 0 Å². The molecule has 4 aliphatic rings. The monoisotopic (exact) mass is 835 g/mol. The first-order valence-electron chi connectivity index (χ1n) is 20.0. The first kappa shape index (κ1) is 42.0. The van der Waals surface area contributed by atoms with E-state index in [1.54, 1.807) is 52.1 Å². The molecule has 2 aliphatic heterocycles. The number of alkyl halides is 2. The lowest BCUT2D eigenvalue weighted by molar-refractivity contribution is -0.151. The predicted molar refractivity (Wildman–Crippen MR) is 216 cm³/mol. The molecular weight excluding hydrogens is 785 g/mol. The van der Waals surface area contributed by atoms with Crippen molar-refractivity contribution in [2.24, 2.45) is 17.3 Å². The second-order valence-corrected chi connectivity index (χ2v) is 19.3. The van der Waals surface area contributed by atoms with Crippen LogP contribution in [0.1, 0.15) is 65.7 Å². The molecule has 3 heterocycles. The zero-order valence-electron chi connectivity index (χ0n) is 33.7. The van der Waals surface area contributed by atoms with Gasteiger partial charge in [0.25, 0.3) is 11.8 Å². The second-order valence-electron chi connectivity index (χ2n) is 17.3. The molecule has 2 N–H and O–H groups in total. The Balaban J connectivity index is 1.21. The van der Waals surface area contributed by atoms with Crippen molar-refractivity contribution in [1.82, 2.24) is 24.8 Å². The lowest BCUT2D eigenvalue weighted by Gasteiger charge is -2.37. The number of nitrogens with one attached hydrogen (secondary N) is 2. The highest BCUT2D eigenvalue weighted by molar-refractivity contribution is 7.91. The number of hydrogen-bond donors (Lipinski definition) is 2. The number of carbonyl (C=O) groups is 4. The third-order valence-electron chi connectivity index (χ3n) is 11.9. The van der Waals surface area contributed by atoms with Crippen molar-refractivity contribution in [2.75, 3.05) is 26.7 Å². The summed E-state index contributed by atoms with van der Waals surface area (Å²) in [6, 6.07) is 15.4. The minimum atomic E-state index is -3.95. The predicted octanol–water partition coefficient (Wildman–Crippen LogP) is 5.24. The number of aromatic nitrogens is 1. The summed E-state index contributed by atoms with van der Waals surface area (Å²) in [6.45, 7) is 8.41. The van der Waals surface area contributed by atoms with E-state index in [0.29, 0.717) is 40.9 Å². The number of benzene rings is 2. The van der Waals surface area contributed by atoms with Gasteiger partial charge < -0.3 is 24.6 Å². The van der Waals surface area contributed by atoms with Gasteiger partial charge in [0.2, 0.25) is 27.7 Å². The second kappa shape index (κ2) is 15.8. The van der Waals surface area contributed by atoms with Gasteiger partial charge >= 0.3 is 0 Å². The fourth-order valence-corrected chi connectivity index (χ4v) is 9.54. The van der Waals surface area contributed by atoms with Gasteiger partial charge in [0, 0.05) is 54.8 Å². The number of piperidine rings is 1. The average Bonchev–Trinajstić information content (AvgIpc) is 4.12. The van der Waals surface area contributed by atoms with Crippen molar-refractivity contribution in [3.05, 3.63) is 67.3 Å². The number of fused-ring (bicyclic) bond motifs is 1. The van der Waals surface area contributed by atoms with Gasteiger partial charge in [-0.3, -0.25) is 23.9 Å². The van der Waals surface area contributed by atoms with Crippen LogP contribution in [0.2, 0.25) is 0 Å². The van der Waals surface area contributed by atoms with Crippen LogP contribution in [0.4, 0.5) is 8.78 Å². The summed E-state index contributed by atoms with van der Waals surface area (Å²) in [5.41, 5.74) is -0.458. The van der Waals surface area contributed by atoms with Crippen LogP contribution in [0, 0.1) is 17.3 Å². The summed E-state index contributed by atoms with van der Waals surface area (Å²) in [5, 5.41) is 2.76. The fourth-order valence-electron chi connectivity index (χ4n) is 8.18. The Hall–Kier alpha value is -5.12. The Morgan fingerprint density at radius 2 is 1.81 bits per heavy atom. The van der Waals surface area contributed by atoms with E-state index in [-0.39, 0.29) is 45.2 Å². The summed E-state index contributed by atoms with van der Waals surface area (Å²) >= 11 is 0. The lowest BCUT2D eigenvalue weighted by Crippen LogP contribution is -2.57. The largest absolute Gasteiger partial charge is 0.497 e. The van der Waals surface area contributed by atoms with Gasteiger partial charge in [-0.25, -0.2) is 22.2 Å². The number of likely N-dealkylation sites (tertiary alicyclic amines) is 2. The molecule has 0 spiro atoms. The highest BCUT2D eigenvalue weighted by atomic mass is 32.2. The molecule has 7 rings (SSSR count). The molecule has 0 bridgehead atoms. The van der Waals surface area contributed by atoms with E-state index in [1.807, 2.05) is 30.3 Å². The van der Waals surface area contributed by atoms with E-state index in [2.05, 4.69) is 16.6 Å². The standard InChI is InChI=1S/C43H51F2N5O8S/c1-6-27-23-43(27,40(54)48-59(55,56)30-14-15-30)47-38(52)35-20-29(24-50(35)39(53)32(41(2,3)4)21-37(51)49-18-10-17-42(44,45)25-49)58-36-22-33(26-11-8-7-9-12-26)46-34-19-28(57-5)13-16-31(34)36/h6-9,11-13,16,19,22,27,29-30,32,35H,1,10,14-15,17-18,20-21,23-25H2,2-5H3,(H,47,52)(H,48,54)/t27?,29-,32-,35+,43-/m1/s1. The van der Waals surface area contributed by atoms with Crippen molar-refractivity contribution in [3.8, 4) is 22.8 Å². The highest BCUT2D eigenvalue weighted by Gasteiger charge is 2.62. The third kappa shape index (κ3) is 8.92. The van der Waals surface area contributed by atoms with Crippen LogP contribution in [0.15, 0.2) is 67.3 Å². The lowest BCUT2D eigenvalue weighted by atomic mass is 9.77. The summed E-state index contributed by atoms with van der Waals surface area (Å²) in [5.74, 6) is -6.36. The number of methoxy groups -OCH3 is 1. The number of sulfonamides is 1. The highest BCUT2D eigenvalue weighted by Crippen LogP contribution is 2.46. The molecule has 13 nitrogen and oxygen atoms in total. The van der Waals surface area contributed by atoms with Crippen molar-refractivity contribution < 1.29 is 45.9 Å². The summed E-state index contributed by atoms with van der Waals surface area (Å²) < 4.78 is 68.7. The van der Waals surface area contributed by atoms with Crippen LogP contribution in [0.5, 0.6) is 11.5 Å². The van der Waals surface area contributed by atoms with E-state index in [0.717, 1.165) is 10.5 Å². The van der Waals surface area contributed by atoms with Gasteiger partial charge in [-0.05, 0) is 43.2 Å². The molecule has 2 aliphatic carbocycles. The molecular formula is C43H51F2N5O8S. The third-order valence-corrected chi connectivity index (χ3v) is 13.7. The molecule has 2 aromatic carbocycles. The quantitative estimate of drug-likeness (QED) is 0.219. The number of carbonyl (C=O) groups excluding carboxylic acids is 4. The van der Waals surface area contributed by atoms with Crippen LogP contribution in [-0.4, -0.2) is 102 Å². The maximum atomic E-state index is 14.9. The van der Waals surface area contributed by atoms with Crippen LogP contribution >= 0.6 is 0 Å². The van der Waals surface area contributed by atoms with Crippen LogP contribution < -0.4 is 19.5 Å². The Morgan fingerprint density at radius 3 is 2.44 bits per heavy atom. The van der Waals surface area contributed by atoms with Gasteiger partial charge in [-0.2, -0.15) is 0 Å². The number of ether oxygens (including phenoxy) is 2. The van der Waals surface area contributed by atoms with Gasteiger partial charge in [-0.15, -0.1) is 6.58 Å². The molecule has 1 aromatic heterocycles. The number of halogens is 2. The maximum absolute atomic E-state index is 14.9. The molecule has 2 saturated carbocycles. The summed E-state index contributed by atoms with van der Waals surface area (Å²) in [4.78, 5) is 63.9. The molecule has 1 unspecified atom stereocenters. The Kier molecular flexibility index (Phi) is 11.3. The maximum Gasteiger partial charge on any atom is 0.265 e. The fraction of sp³-hybridized carbons (Fsp3) is 0.512. The average molecular weight is 836 g/mol. The number of pyridine rings is 1. The number of nitrogens with zero attached hydrogens (tertiary/aromatic N) is 3. The Labute approximate surface area is 342 Å². The van der Waals surface area contributed by atoms with Gasteiger partial charge in [-0.1, -0.05) is 57.2 Å². The van der Waals surface area contributed by atoms with Crippen molar-refractivity contribution in [2.45, 2.75) is 94.6 Å². The van der Waals surface area contributed by atoms with Gasteiger partial charge in [0.1, 0.15) is 29.2 Å². The van der Waals surface area contributed by atoms with E-state index in [1.165, 1.54) is 11.0 Å². The first-order valence-corrected chi connectivity index (χ1v) is 21.6. The number of amides is 4. The Bertz CT molecular complexity index is 2260. The normalized spacial score (nSPS) is 24.5. The first-order chi connectivity index (χ1) is 27.8. The summed E-state index contributed by atoms with van der Waals surface area (Å²) in [7, 11) is -2.40. The SMILES string of the molecule is C=CC1C[C@]1(NC(=O)[C@@H]1C[C@@H](Oc2cc(-c3ccccc3)nc3cc(OC)ccc23)CN1C(=O)[C@@H](CC(=O)N1CCCC(F)(F)C1)C(C)(C)C)C(=O)NS(=O)(=O)C1CC1. The molecule has 5 atom stereocenters. The molecule has 2 saturated heterocycles. The zero-order chi connectivity index (χ0) is 42.5. The topological polar surface area (TPSA) is 164 Å².